The van der Waals surface area contributed by atoms with Crippen LogP contribution in [0.25, 0.3) is 22.8 Å². The fraction of sp³-hybridized carbons (Fsp3) is 0.464. The molecular weight excluding hydrogens is 472 g/mol. The maximum Gasteiger partial charge on any atom is 0.258 e. The molecule has 0 bridgehead atoms. The van der Waals surface area contributed by atoms with Gasteiger partial charge in [0.05, 0.1) is 6.10 Å². The number of carbonyl (C=O) groups excluding carboxylic acids is 1. The van der Waals surface area contributed by atoms with Crippen LogP contribution in [0.4, 0.5) is 0 Å². The summed E-state index contributed by atoms with van der Waals surface area (Å²) in [7, 11) is 0. The number of amides is 1. The predicted octanol–water partition coefficient (Wildman–Crippen LogP) is 3.15. The molecule has 198 valence electrons. The van der Waals surface area contributed by atoms with Gasteiger partial charge in [0.15, 0.2) is 0 Å². The molecule has 1 saturated heterocycles. The van der Waals surface area contributed by atoms with E-state index in [0.29, 0.717) is 23.9 Å². The molecule has 1 amide bonds. The summed E-state index contributed by atoms with van der Waals surface area (Å²) in [6, 6.07) is 10.3. The van der Waals surface area contributed by atoms with Gasteiger partial charge in [-0.2, -0.15) is 4.98 Å². The third-order valence-electron chi connectivity index (χ3n) is 6.65. The van der Waals surface area contributed by atoms with Crippen LogP contribution in [0.15, 0.2) is 34.9 Å². The molecule has 1 fully saturated rings. The number of aliphatic hydroxyl groups excluding tert-OH is 2. The minimum absolute atomic E-state index is 0.0724. The van der Waals surface area contributed by atoms with Crippen LogP contribution >= 0.6 is 0 Å². The number of aromatic nitrogens is 2. The molecule has 4 rings (SSSR count). The number of carbonyl (C=O) groups is 1. The maximum atomic E-state index is 11.0. The summed E-state index contributed by atoms with van der Waals surface area (Å²) in [5.74, 6) is 0.745. The standard InChI is InChI=1S/C28H36N4O5/c1-4-20-13-21(11-18(3)25(20)36-16-23(33)14-24(34)26(29)35)27-30-28(37-31-27)22-10-17(2)9-19(12-22)15-32-7-5-6-8-32/h9-13,23-24,33-34H,4-8,14-16H2,1-3H3,(H2,29,35)/t23-,24?/m0/s1. The van der Waals surface area contributed by atoms with Gasteiger partial charge in [0.1, 0.15) is 18.5 Å². The van der Waals surface area contributed by atoms with Crippen molar-refractivity contribution in [2.24, 2.45) is 5.73 Å². The number of hydrogen-bond donors (Lipinski definition) is 3. The second-order valence-electron chi connectivity index (χ2n) is 9.87. The lowest BCUT2D eigenvalue weighted by Crippen LogP contribution is -2.33. The van der Waals surface area contributed by atoms with Crippen LogP contribution in [-0.2, 0) is 17.8 Å². The van der Waals surface area contributed by atoms with Crippen molar-refractivity contribution in [2.45, 2.75) is 65.2 Å². The minimum Gasteiger partial charge on any atom is -0.490 e. The highest BCUT2D eigenvalue weighted by atomic mass is 16.5. The molecule has 2 atom stereocenters. The topological polar surface area (TPSA) is 135 Å². The van der Waals surface area contributed by atoms with E-state index >= 15 is 0 Å². The first kappa shape index (κ1) is 26.8. The van der Waals surface area contributed by atoms with Crippen molar-refractivity contribution in [1.82, 2.24) is 15.0 Å². The Morgan fingerprint density at radius 1 is 1.14 bits per heavy atom. The van der Waals surface area contributed by atoms with Gasteiger partial charge in [0, 0.05) is 24.1 Å². The summed E-state index contributed by atoms with van der Waals surface area (Å²) in [5.41, 5.74) is 11.0. The van der Waals surface area contributed by atoms with Crippen LogP contribution in [-0.4, -0.2) is 63.1 Å². The van der Waals surface area contributed by atoms with Crippen LogP contribution in [0.3, 0.4) is 0 Å². The highest BCUT2D eigenvalue weighted by molar-refractivity contribution is 5.78. The molecule has 0 radical (unpaired) electrons. The summed E-state index contributed by atoms with van der Waals surface area (Å²) in [5, 5.41) is 23.9. The Kier molecular flexibility index (Phi) is 8.58. The molecule has 9 nitrogen and oxygen atoms in total. The number of benzene rings is 2. The Labute approximate surface area is 217 Å². The number of aliphatic hydroxyl groups is 2. The summed E-state index contributed by atoms with van der Waals surface area (Å²) >= 11 is 0. The molecular formula is C28H36N4O5. The average molecular weight is 509 g/mol. The lowest BCUT2D eigenvalue weighted by molar-refractivity contribution is -0.127. The zero-order chi connectivity index (χ0) is 26.5. The molecule has 1 aromatic heterocycles. The molecule has 9 heteroatoms. The first-order chi connectivity index (χ1) is 17.7. The number of likely N-dealkylation sites (tertiary alicyclic amines) is 1. The second kappa shape index (κ2) is 11.9. The molecule has 0 aliphatic carbocycles. The van der Waals surface area contributed by atoms with Crippen molar-refractivity contribution in [3.8, 4) is 28.6 Å². The van der Waals surface area contributed by atoms with E-state index in [2.05, 4.69) is 35.2 Å². The second-order valence-corrected chi connectivity index (χ2v) is 9.87. The molecule has 0 spiro atoms. The Bertz CT molecular complexity index is 1240. The number of nitrogens with two attached hydrogens (primary N) is 1. The first-order valence-electron chi connectivity index (χ1n) is 12.8. The van der Waals surface area contributed by atoms with Crippen LogP contribution in [0.2, 0.25) is 0 Å². The number of aryl methyl sites for hydroxylation is 3. The van der Waals surface area contributed by atoms with E-state index in [9.17, 15) is 15.0 Å². The third-order valence-corrected chi connectivity index (χ3v) is 6.65. The van der Waals surface area contributed by atoms with Gasteiger partial charge < -0.3 is 25.2 Å². The zero-order valence-corrected chi connectivity index (χ0v) is 21.7. The molecule has 2 aromatic carbocycles. The van der Waals surface area contributed by atoms with Gasteiger partial charge in [0.25, 0.3) is 5.89 Å². The molecule has 2 heterocycles. The SMILES string of the molecule is CCc1cc(-c2noc(-c3cc(C)cc(CN4CCCC4)c3)n2)cc(C)c1OC[C@@H](O)CC(O)C(N)=O. The van der Waals surface area contributed by atoms with Crippen LogP contribution in [0.5, 0.6) is 5.75 Å². The minimum atomic E-state index is -1.41. The van der Waals surface area contributed by atoms with Crippen molar-refractivity contribution in [3.05, 3.63) is 52.6 Å². The number of primary amides is 1. The van der Waals surface area contributed by atoms with Gasteiger partial charge >= 0.3 is 0 Å². The van der Waals surface area contributed by atoms with E-state index in [4.69, 9.17) is 20.0 Å². The summed E-state index contributed by atoms with van der Waals surface area (Å²) < 4.78 is 11.5. The Hall–Kier alpha value is -3.27. The molecule has 4 N–H and O–H groups in total. The van der Waals surface area contributed by atoms with Crippen molar-refractivity contribution < 1.29 is 24.3 Å². The van der Waals surface area contributed by atoms with Gasteiger partial charge in [0.2, 0.25) is 11.7 Å². The quantitative estimate of drug-likeness (QED) is 0.360. The summed E-state index contributed by atoms with van der Waals surface area (Å²) in [6.07, 6.45) is 0.576. The van der Waals surface area contributed by atoms with Crippen LogP contribution in [0.1, 0.15) is 48.4 Å². The summed E-state index contributed by atoms with van der Waals surface area (Å²) in [6.45, 7) is 9.13. The first-order valence-corrected chi connectivity index (χ1v) is 12.8. The summed E-state index contributed by atoms with van der Waals surface area (Å²) in [4.78, 5) is 18.2. The van der Waals surface area contributed by atoms with Gasteiger partial charge in [-0.15, -0.1) is 0 Å². The van der Waals surface area contributed by atoms with Crippen molar-refractivity contribution >= 4 is 5.91 Å². The number of hydrogen-bond acceptors (Lipinski definition) is 8. The number of ether oxygens (including phenoxy) is 1. The van der Waals surface area contributed by atoms with E-state index < -0.39 is 18.1 Å². The molecule has 1 aliphatic rings. The molecule has 37 heavy (non-hydrogen) atoms. The van der Waals surface area contributed by atoms with Crippen LogP contribution in [0, 0.1) is 13.8 Å². The monoisotopic (exact) mass is 508 g/mol. The molecule has 3 aromatic rings. The van der Waals surface area contributed by atoms with Crippen molar-refractivity contribution in [2.75, 3.05) is 19.7 Å². The fourth-order valence-corrected chi connectivity index (χ4v) is 4.80. The predicted molar refractivity (Wildman–Crippen MR) is 140 cm³/mol. The Morgan fingerprint density at radius 3 is 2.59 bits per heavy atom. The van der Waals surface area contributed by atoms with Crippen molar-refractivity contribution in [1.29, 1.82) is 0 Å². The number of rotatable bonds is 11. The molecule has 1 aliphatic heterocycles. The molecule has 0 saturated carbocycles. The molecule has 1 unspecified atom stereocenters. The highest BCUT2D eigenvalue weighted by Crippen LogP contribution is 2.32. The van der Waals surface area contributed by atoms with Crippen LogP contribution < -0.4 is 10.5 Å². The Balaban J connectivity index is 1.51. The lowest BCUT2D eigenvalue weighted by atomic mass is 10.0. The number of nitrogens with zero attached hydrogens (tertiary/aromatic N) is 3. The van der Waals surface area contributed by atoms with E-state index in [1.165, 1.54) is 18.4 Å². The van der Waals surface area contributed by atoms with Gasteiger partial charge in [-0.3, -0.25) is 9.69 Å². The lowest BCUT2D eigenvalue weighted by Gasteiger charge is -2.18. The maximum absolute atomic E-state index is 11.0. The smallest absolute Gasteiger partial charge is 0.258 e. The van der Waals surface area contributed by atoms with E-state index in [-0.39, 0.29) is 13.0 Å². The Morgan fingerprint density at radius 2 is 1.89 bits per heavy atom. The highest BCUT2D eigenvalue weighted by Gasteiger charge is 2.20. The average Bonchev–Trinajstić information content (AvgIpc) is 3.55. The largest absolute Gasteiger partial charge is 0.490 e. The zero-order valence-electron chi connectivity index (χ0n) is 21.7. The van der Waals surface area contributed by atoms with E-state index in [1.807, 2.05) is 26.0 Å². The van der Waals surface area contributed by atoms with Gasteiger partial charge in [-0.05, 0) is 87.2 Å². The van der Waals surface area contributed by atoms with Gasteiger partial charge in [-0.25, -0.2) is 0 Å². The van der Waals surface area contributed by atoms with Gasteiger partial charge in [-0.1, -0.05) is 23.7 Å². The van der Waals surface area contributed by atoms with E-state index in [1.54, 1.807) is 0 Å². The third kappa shape index (κ3) is 6.74. The fourth-order valence-electron chi connectivity index (χ4n) is 4.80. The van der Waals surface area contributed by atoms with Crippen molar-refractivity contribution in [3.63, 3.8) is 0 Å². The van der Waals surface area contributed by atoms with E-state index in [0.717, 1.165) is 47.5 Å². The normalized spacial score (nSPS) is 15.6.